The summed E-state index contributed by atoms with van der Waals surface area (Å²) in [6.45, 7) is 8.82. The van der Waals surface area contributed by atoms with Crippen LogP contribution in [-0.2, 0) is 9.53 Å². The van der Waals surface area contributed by atoms with Gasteiger partial charge in [0.2, 0.25) is 0 Å². The minimum atomic E-state index is -0.434. The normalized spacial score (nSPS) is 22.1. The number of nitrogens with two attached hydrogens (primary N) is 1. The quantitative estimate of drug-likeness (QED) is 0.849. The van der Waals surface area contributed by atoms with Gasteiger partial charge in [-0.2, -0.15) is 0 Å². The van der Waals surface area contributed by atoms with Gasteiger partial charge in [-0.25, -0.2) is 0 Å². The Bertz CT molecular complexity index is 570. The lowest BCUT2D eigenvalue weighted by Gasteiger charge is -2.37. The van der Waals surface area contributed by atoms with E-state index in [4.69, 9.17) is 15.2 Å². The molecule has 1 fully saturated rings. The van der Waals surface area contributed by atoms with Crippen molar-refractivity contribution in [2.24, 2.45) is 5.92 Å². The second-order valence-corrected chi connectivity index (χ2v) is 6.45. The minimum absolute atomic E-state index is 0.0198. The monoisotopic (exact) mass is 319 g/mol. The van der Waals surface area contributed by atoms with E-state index < -0.39 is 6.10 Å². The fourth-order valence-electron chi connectivity index (χ4n) is 3.02. The van der Waals surface area contributed by atoms with Crippen molar-refractivity contribution in [2.45, 2.75) is 20.0 Å². The molecule has 0 aromatic heterocycles. The molecule has 2 N–H and O–H groups in total. The Morgan fingerprint density at radius 3 is 2.70 bits per heavy atom. The fraction of sp³-hybridized carbons (Fsp3) is 0.588. The average molecular weight is 319 g/mol. The van der Waals surface area contributed by atoms with E-state index in [1.54, 1.807) is 0 Å². The maximum atomic E-state index is 12.8. The fourth-order valence-corrected chi connectivity index (χ4v) is 3.02. The van der Waals surface area contributed by atoms with Gasteiger partial charge >= 0.3 is 0 Å². The highest BCUT2D eigenvalue weighted by atomic mass is 16.5. The molecule has 1 saturated heterocycles. The molecule has 6 heteroatoms. The standard InChI is InChI=1S/C17H25N3O3/c1-12(2)16-17(21)20(6-5-19-7-9-22-10-8-19)14-11-13(18)3-4-15(14)23-16/h3-4,11-12,16H,5-10,18H2,1-2H3. The molecular weight excluding hydrogens is 294 g/mol. The molecular formula is C17H25N3O3. The summed E-state index contributed by atoms with van der Waals surface area (Å²) in [4.78, 5) is 17.0. The number of carbonyl (C=O) groups is 1. The third-order valence-corrected chi connectivity index (χ3v) is 4.39. The van der Waals surface area contributed by atoms with Crippen molar-refractivity contribution in [3.05, 3.63) is 18.2 Å². The zero-order chi connectivity index (χ0) is 16.4. The molecule has 0 aliphatic carbocycles. The van der Waals surface area contributed by atoms with Crippen LogP contribution >= 0.6 is 0 Å². The molecule has 6 nitrogen and oxygen atoms in total. The molecule has 2 aliphatic heterocycles. The predicted octanol–water partition coefficient (Wildman–Crippen LogP) is 1.35. The Morgan fingerprint density at radius 2 is 2.00 bits per heavy atom. The van der Waals surface area contributed by atoms with E-state index in [1.165, 1.54) is 0 Å². The number of hydrogen-bond acceptors (Lipinski definition) is 5. The molecule has 1 atom stereocenters. The summed E-state index contributed by atoms with van der Waals surface area (Å²) in [5.41, 5.74) is 7.32. The molecule has 3 rings (SSSR count). The Kier molecular flexibility index (Phi) is 4.73. The number of amides is 1. The van der Waals surface area contributed by atoms with Crippen LogP contribution in [0, 0.1) is 5.92 Å². The SMILES string of the molecule is CC(C)C1Oc2ccc(N)cc2N(CCN2CCOCC2)C1=O. The number of nitrogen functional groups attached to an aromatic ring is 1. The van der Waals surface area contributed by atoms with Crippen LogP contribution in [-0.4, -0.2) is 56.3 Å². The van der Waals surface area contributed by atoms with Crippen molar-refractivity contribution in [1.29, 1.82) is 0 Å². The number of carbonyl (C=O) groups excluding carboxylic acids is 1. The number of ether oxygens (including phenoxy) is 2. The predicted molar refractivity (Wildman–Crippen MR) is 89.7 cm³/mol. The van der Waals surface area contributed by atoms with Crippen molar-refractivity contribution < 1.29 is 14.3 Å². The van der Waals surface area contributed by atoms with E-state index in [2.05, 4.69) is 4.90 Å². The van der Waals surface area contributed by atoms with Gasteiger partial charge in [0.05, 0.1) is 18.9 Å². The first-order chi connectivity index (χ1) is 11.1. The van der Waals surface area contributed by atoms with Crippen LogP contribution in [0.3, 0.4) is 0 Å². The molecule has 2 heterocycles. The van der Waals surface area contributed by atoms with Crippen LogP contribution in [0.15, 0.2) is 18.2 Å². The number of benzene rings is 1. The van der Waals surface area contributed by atoms with E-state index in [9.17, 15) is 4.79 Å². The molecule has 0 bridgehead atoms. The van der Waals surface area contributed by atoms with Crippen molar-refractivity contribution in [3.63, 3.8) is 0 Å². The van der Waals surface area contributed by atoms with E-state index in [1.807, 2.05) is 36.9 Å². The first kappa shape index (κ1) is 16.1. The summed E-state index contributed by atoms with van der Waals surface area (Å²) in [7, 11) is 0. The van der Waals surface area contributed by atoms with Crippen LogP contribution in [0.2, 0.25) is 0 Å². The van der Waals surface area contributed by atoms with Crippen LogP contribution in [0.1, 0.15) is 13.8 Å². The summed E-state index contributed by atoms with van der Waals surface area (Å²) >= 11 is 0. The number of anilines is 2. The molecule has 1 amide bonds. The second kappa shape index (κ2) is 6.76. The Hall–Kier alpha value is -1.79. The van der Waals surface area contributed by atoms with Gasteiger partial charge < -0.3 is 20.1 Å². The number of fused-ring (bicyclic) bond motifs is 1. The molecule has 0 spiro atoms. The highest BCUT2D eigenvalue weighted by Gasteiger charge is 2.36. The van der Waals surface area contributed by atoms with Crippen molar-refractivity contribution >= 4 is 17.3 Å². The smallest absolute Gasteiger partial charge is 0.268 e. The van der Waals surface area contributed by atoms with Gasteiger partial charge in [-0.3, -0.25) is 9.69 Å². The van der Waals surface area contributed by atoms with Crippen molar-refractivity contribution in [2.75, 3.05) is 50.0 Å². The molecule has 1 unspecified atom stereocenters. The van der Waals surface area contributed by atoms with Crippen LogP contribution in [0.25, 0.3) is 0 Å². The Balaban J connectivity index is 1.80. The van der Waals surface area contributed by atoms with Gasteiger partial charge in [-0.05, 0) is 24.1 Å². The number of hydrogen-bond donors (Lipinski definition) is 1. The Morgan fingerprint density at radius 1 is 1.26 bits per heavy atom. The van der Waals surface area contributed by atoms with Gasteiger partial charge in [0.1, 0.15) is 5.75 Å². The summed E-state index contributed by atoms with van der Waals surface area (Å²) < 4.78 is 11.3. The molecule has 126 valence electrons. The summed E-state index contributed by atoms with van der Waals surface area (Å²) in [6.07, 6.45) is -0.434. The first-order valence-electron chi connectivity index (χ1n) is 8.24. The molecule has 1 aromatic carbocycles. The van der Waals surface area contributed by atoms with Crippen molar-refractivity contribution in [3.8, 4) is 5.75 Å². The second-order valence-electron chi connectivity index (χ2n) is 6.45. The summed E-state index contributed by atoms with van der Waals surface area (Å²) in [5.74, 6) is 0.880. The van der Waals surface area contributed by atoms with Crippen LogP contribution in [0.5, 0.6) is 5.75 Å². The van der Waals surface area contributed by atoms with Gasteiger partial charge in [-0.1, -0.05) is 13.8 Å². The molecule has 0 radical (unpaired) electrons. The lowest BCUT2D eigenvalue weighted by atomic mass is 10.0. The van der Waals surface area contributed by atoms with E-state index in [-0.39, 0.29) is 11.8 Å². The van der Waals surface area contributed by atoms with Crippen LogP contribution in [0.4, 0.5) is 11.4 Å². The maximum absolute atomic E-state index is 12.8. The first-order valence-corrected chi connectivity index (χ1v) is 8.24. The minimum Gasteiger partial charge on any atom is -0.478 e. The Labute approximate surface area is 137 Å². The number of nitrogens with zero attached hydrogens (tertiary/aromatic N) is 2. The third-order valence-electron chi connectivity index (χ3n) is 4.39. The zero-order valence-electron chi connectivity index (χ0n) is 13.8. The number of morpholine rings is 1. The van der Waals surface area contributed by atoms with Gasteiger partial charge in [0, 0.05) is 31.9 Å². The molecule has 2 aliphatic rings. The van der Waals surface area contributed by atoms with Gasteiger partial charge in [0.15, 0.2) is 6.10 Å². The lowest BCUT2D eigenvalue weighted by molar-refractivity contribution is -0.128. The highest BCUT2D eigenvalue weighted by molar-refractivity contribution is 6.00. The van der Waals surface area contributed by atoms with E-state index in [0.717, 1.165) is 44.3 Å². The lowest BCUT2D eigenvalue weighted by Crippen LogP contribution is -2.51. The van der Waals surface area contributed by atoms with Crippen LogP contribution < -0.4 is 15.4 Å². The maximum Gasteiger partial charge on any atom is 0.268 e. The summed E-state index contributed by atoms with van der Waals surface area (Å²) in [6, 6.07) is 5.49. The molecule has 0 saturated carbocycles. The zero-order valence-corrected chi connectivity index (χ0v) is 13.8. The van der Waals surface area contributed by atoms with E-state index in [0.29, 0.717) is 12.2 Å². The van der Waals surface area contributed by atoms with Gasteiger partial charge in [0.25, 0.3) is 5.91 Å². The third kappa shape index (κ3) is 3.43. The molecule has 23 heavy (non-hydrogen) atoms. The average Bonchev–Trinajstić information content (AvgIpc) is 2.54. The largest absolute Gasteiger partial charge is 0.478 e. The highest BCUT2D eigenvalue weighted by Crippen LogP contribution is 2.37. The van der Waals surface area contributed by atoms with Crippen molar-refractivity contribution in [1.82, 2.24) is 4.90 Å². The van der Waals surface area contributed by atoms with Gasteiger partial charge in [-0.15, -0.1) is 0 Å². The summed E-state index contributed by atoms with van der Waals surface area (Å²) in [5, 5.41) is 0. The number of rotatable bonds is 4. The van der Waals surface area contributed by atoms with E-state index >= 15 is 0 Å². The molecule has 1 aromatic rings. The topological polar surface area (TPSA) is 68.0 Å².